The molecule has 5 heteroatoms. The van der Waals surface area contributed by atoms with E-state index in [1.165, 1.54) is 24.6 Å². The van der Waals surface area contributed by atoms with Crippen LogP contribution >= 0.6 is 0 Å². The third kappa shape index (κ3) is 4.65. The van der Waals surface area contributed by atoms with E-state index in [4.69, 9.17) is 4.74 Å². The monoisotopic (exact) mass is 329 g/mol. The Labute approximate surface area is 140 Å². The lowest BCUT2D eigenvalue weighted by atomic mass is 10.0. The molecule has 0 aliphatic carbocycles. The number of carbonyl (C=O) groups excluding carboxylic acids is 2. The van der Waals surface area contributed by atoms with Gasteiger partial charge in [-0.15, -0.1) is 0 Å². The number of anilines is 1. The topological polar surface area (TPSA) is 55.4 Å². The lowest BCUT2D eigenvalue weighted by molar-refractivity contribution is -0.123. The molecule has 0 unspecified atom stereocenters. The molecule has 0 aliphatic rings. The zero-order valence-electron chi connectivity index (χ0n) is 13.9. The van der Waals surface area contributed by atoms with Gasteiger partial charge in [-0.25, -0.2) is 9.18 Å². The number of rotatable bonds is 5. The maximum Gasteiger partial charge on any atom is 0.338 e. The molecule has 1 amide bonds. The Morgan fingerprint density at radius 3 is 2.08 bits per heavy atom. The SMILES string of the molecule is CC(C)c1ccc(NC(=O)[C@@H](C)OC(=O)c2ccc(F)cc2)cc1. The van der Waals surface area contributed by atoms with Crippen molar-refractivity contribution in [3.8, 4) is 0 Å². The Morgan fingerprint density at radius 1 is 0.958 bits per heavy atom. The molecule has 0 radical (unpaired) electrons. The van der Waals surface area contributed by atoms with Crippen LogP contribution in [0.2, 0.25) is 0 Å². The predicted octanol–water partition coefficient (Wildman–Crippen LogP) is 4.13. The molecule has 126 valence electrons. The number of carbonyl (C=O) groups is 2. The first-order chi connectivity index (χ1) is 11.4. The van der Waals surface area contributed by atoms with Gasteiger partial charge in [-0.3, -0.25) is 4.79 Å². The second kappa shape index (κ2) is 7.73. The lowest BCUT2D eigenvalue weighted by Gasteiger charge is -2.14. The summed E-state index contributed by atoms with van der Waals surface area (Å²) in [5.41, 5.74) is 2.00. The Bertz CT molecular complexity index is 708. The van der Waals surface area contributed by atoms with Crippen LogP contribution in [0.15, 0.2) is 48.5 Å². The second-order valence-corrected chi connectivity index (χ2v) is 5.82. The molecule has 0 saturated heterocycles. The van der Waals surface area contributed by atoms with Crippen molar-refractivity contribution in [2.45, 2.75) is 32.8 Å². The fraction of sp³-hybridized carbons (Fsp3) is 0.263. The highest BCUT2D eigenvalue weighted by atomic mass is 19.1. The van der Waals surface area contributed by atoms with Crippen LogP contribution in [-0.4, -0.2) is 18.0 Å². The lowest BCUT2D eigenvalue weighted by Crippen LogP contribution is -2.30. The first kappa shape index (κ1) is 17.7. The maximum atomic E-state index is 12.8. The van der Waals surface area contributed by atoms with Crippen molar-refractivity contribution in [3.05, 3.63) is 65.5 Å². The minimum atomic E-state index is -0.965. The second-order valence-electron chi connectivity index (χ2n) is 5.82. The molecule has 2 aromatic carbocycles. The first-order valence-electron chi connectivity index (χ1n) is 7.74. The number of amides is 1. The van der Waals surface area contributed by atoms with Gasteiger partial charge in [-0.2, -0.15) is 0 Å². The van der Waals surface area contributed by atoms with E-state index in [2.05, 4.69) is 19.2 Å². The van der Waals surface area contributed by atoms with Gasteiger partial charge in [0.15, 0.2) is 6.10 Å². The summed E-state index contributed by atoms with van der Waals surface area (Å²) in [6.07, 6.45) is -0.965. The third-order valence-electron chi connectivity index (χ3n) is 3.58. The zero-order valence-corrected chi connectivity index (χ0v) is 13.9. The summed E-state index contributed by atoms with van der Waals surface area (Å²) in [5.74, 6) is -1.14. The van der Waals surface area contributed by atoms with E-state index in [9.17, 15) is 14.0 Å². The Morgan fingerprint density at radius 2 is 1.54 bits per heavy atom. The van der Waals surface area contributed by atoms with Gasteiger partial charge in [0.25, 0.3) is 5.91 Å². The average molecular weight is 329 g/mol. The van der Waals surface area contributed by atoms with E-state index >= 15 is 0 Å². The fourth-order valence-electron chi connectivity index (χ4n) is 2.06. The average Bonchev–Trinajstić information content (AvgIpc) is 2.55. The minimum absolute atomic E-state index is 0.192. The molecule has 0 bridgehead atoms. The van der Waals surface area contributed by atoms with Crippen molar-refractivity contribution in [1.82, 2.24) is 0 Å². The van der Waals surface area contributed by atoms with Crippen LogP contribution in [0.25, 0.3) is 0 Å². The number of benzene rings is 2. The highest BCUT2D eigenvalue weighted by Gasteiger charge is 2.19. The highest BCUT2D eigenvalue weighted by molar-refractivity contribution is 5.97. The normalized spacial score (nSPS) is 11.9. The molecule has 0 aliphatic heterocycles. The van der Waals surface area contributed by atoms with Gasteiger partial charge in [-0.05, 0) is 54.8 Å². The molecule has 0 heterocycles. The standard InChI is InChI=1S/C19H20FNO3/c1-12(2)14-6-10-17(11-7-14)21-18(22)13(3)24-19(23)15-4-8-16(20)9-5-15/h4-13H,1-3H3,(H,21,22)/t13-/m1/s1. The van der Waals surface area contributed by atoms with E-state index in [1.807, 2.05) is 24.3 Å². The molecule has 0 aromatic heterocycles. The molecule has 24 heavy (non-hydrogen) atoms. The van der Waals surface area contributed by atoms with E-state index in [1.54, 1.807) is 0 Å². The molecule has 2 aromatic rings. The fourth-order valence-corrected chi connectivity index (χ4v) is 2.06. The highest BCUT2D eigenvalue weighted by Crippen LogP contribution is 2.17. The van der Waals surface area contributed by atoms with E-state index in [0.29, 0.717) is 11.6 Å². The van der Waals surface area contributed by atoms with Crippen molar-refractivity contribution >= 4 is 17.6 Å². The van der Waals surface area contributed by atoms with Crippen LogP contribution in [0.1, 0.15) is 42.6 Å². The summed E-state index contributed by atoms with van der Waals surface area (Å²) in [7, 11) is 0. The largest absolute Gasteiger partial charge is 0.449 e. The van der Waals surface area contributed by atoms with Gasteiger partial charge < -0.3 is 10.1 Å². The molecule has 0 spiro atoms. The van der Waals surface area contributed by atoms with Gasteiger partial charge in [0.05, 0.1) is 5.56 Å². The smallest absolute Gasteiger partial charge is 0.338 e. The van der Waals surface area contributed by atoms with E-state index < -0.39 is 23.8 Å². The number of halogens is 1. The molecule has 1 atom stereocenters. The number of hydrogen-bond donors (Lipinski definition) is 1. The van der Waals surface area contributed by atoms with Crippen LogP contribution in [-0.2, 0) is 9.53 Å². The third-order valence-corrected chi connectivity index (χ3v) is 3.58. The summed E-state index contributed by atoms with van der Waals surface area (Å²) in [6, 6.07) is 12.4. The first-order valence-corrected chi connectivity index (χ1v) is 7.74. The molecule has 2 rings (SSSR count). The summed E-state index contributed by atoms with van der Waals surface area (Å²) in [5, 5.41) is 2.70. The minimum Gasteiger partial charge on any atom is -0.449 e. The molecule has 0 saturated carbocycles. The Balaban J connectivity index is 1.94. The number of esters is 1. The molecular formula is C19H20FNO3. The van der Waals surface area contributed by atoms with Gasteiger partial charge in [0, 0.05) is 5.69 Å². The van der Waals surface area contributed by atoms with Crippen LogP contribution in [0.4, 0.5) is 10.1 Å². The summed E-state index contributed by atoms with van der Waals surface area (Å²) in [6.45, 7) is 5.66. The number of hydrogen-bond acceptors (Lipinski definition) is 3. The molecular weight excluding hydrogens is 309 g/mol. The number of ether oxygens (including phenoxy) is 1. The van der Waals surface area contributed by atoms with Gasteiger partial charge >= 0.3 is 5.97 Å². The van der Waals surface area contributed by atoms with Crippen molar-refractivity contribution < 1.29 is 18.7 Å². The molecule has 1 N–H and O–H groups in total. The predicted molar refractivity (Wildman–Crippen MR) is 90.4 cm³/mol. The van der Waals surface area contributed by atoms with Crippen molar-refractivity contribution in [2.24, 2.45) is 0 Å². The quantitative estimate of drug-likeness (QED) is 0.839. The van der Waals surface area contributed by atoms with E-state index in [0.717, 1.165) is 12.1 Å². The van der Waals surface area contributed by atoms with Crippen LogP contribution in [0.5, 0.6) is 0 Å². The summed E-state index contributed by atoms with van der Waals surface area (Å²) < 4.78 is 17.9. The Hall–Kier alpha value is -2.69. The van der Waals surface area contributed by atoms with Crippen LogP contribution in [0, 0.1) is 5.82 Å². The van der Waals surface area contributed by atoms with Gasteiger partial charge in [0.1, 0.15) is 5.82 Å². The molecule has 4 nitrogen and oxygen atoms in total. The van der Waals surface area contributed by atoms with Crippen LogP contribution in [0.3, 0.4) is 0 Å². The van der Waals surface area contributed by atoms with Gasteiger partial charge in [-0.1, -0.05) is 26.0 Å². The van der Waals surface area contributed by atoms with Crippen LogP contribution < -0.4 is 5.32 Å². The molecule has 0 fully saturated rings. The van der Waals surface area contributed by atoms with Crippen molar-refractivity contribution in [1.29, 1.82) is 0 Å². The zero-order chi connectivity index (χ0) is 17.7. The summed E-state index contributed by atoms with van der Waals surface area (Å²) in [4.78, 5) is 24.0. The van der Waals surface area contributed by atoms with E-state index in [-0.39, 0.29) is 5.56 Å². The maximum absolute atomic E-state index is 12.8. The summed E-state index contributed by atoms with van der Waals surface area (Å²) >= 11 is 0. The Kier molecular flexibility index (Phi) is 5.68. The van der Waals surface area contributed by atoms with Crippen molar-refractivity contribution in [2.75, 3.05) is 5.32 Å². The number of nitrogens with one attached hydrogen (secondary N) is 1. The van der Waals surface area contributed by atoms with Gasteiger partial charge in [0.2, 0.25) is 0 Å². The van der Waals surface area contributed by atoms with Crippen molar-refractivity contribution in [3.63, 3.8) is 0 Å².